The molecule has 1 fully saturated rings. The minimum Gasteiger partial charge on any atom is -0.508 e. The lowest BCUT2D eigenvalue weighted by Gasteiger charge is -2.27. The molecule has 2 aliphatic rings. The van der Waals surface area contributed by atoms with Gasteiger partial charge in [-0.3, -0.25) is 4.90 Å². The molecule has 3 aromatic carbocycles. The van der Waals surface area contributed by atoms with E-state index in [1.54, 1.807) is 12.1 Å². The number of nitrogens with zero attached hydrogens (tertiary/aromatic N) is 1. The van der Waals surface area contributed by atoms with Crippen LogP contribution in [0.2, 0.25) is 0 Å². The van der Waals surface area contributed by atoms with Crippen LogP contribution in [-0.2, 0) is 12.8 Å². The van der Waals surface area contributed by atoms with Crippen LogP contribution in [0.4, 0.5) is 4.39 Å². The summed E-state index contributed by atoms with van der Waals surface area (Å²) in [5.41, 5.74) is 5.85. The largest absolute Gasteiger partial charge is 0.508 e. The van der Waals surface area contributed by atoms with E-state index in [1.807, 2.05) is 36.4 Å². The summed E-state index contributed by atoms with van der Waals surface area (Å²) in [4.78, 5) is 2.48. The molecule has 1 atom stereocenters. The van der Waals surface area contributed by atoms with E-state index in [0.717, 1.165) is 42.7 Å². The highest BCUT2D eigenvalue weighted by molar-refractivity contribution is 5.72. The molecule has 0 amide bonds. The average molecular weight is 446 g/mol. The Hall–Kier alpha value is -2.85. The highest BCUT2D eigenvalue weighted by Gasteiger charge is 2.24. The van der Waals surface area contributed by atoms with E-state index in [9.17, 15) is 9.50 Å². The van der Waals surface area contributed by atoms with E-state index >= 15 is 0 Å². The fourth-order valence-electron chi connectivity index (χ4n) is 5.34. The highest BCUT2D eigenvalue weighted by Crippen LogP contribution is 2.40. The Bertz CT molecular complexity index is 1070. The maximum atomic E-state index is 13.4. The predicted molar refractivity (Wildman–Crippen MR) is 130 cm³/mol. The monoisotopic (exact) mass is 445 g/mol. The van der Waals surface area contributed by atoms with Gasteiger partial charge in [0.15, 0.2) is 0 Å². The van der Waals surface area contributed by atoms with Gasteiger partial charge in [0.1, 0.15) is 23.9 Å². The number of hydrogen-bond donors (Lipinski definition) is 1. The Morgan fingerprint density at radius 2 is 1.70 bits per heavy atom. The Morgan fingerprint density at radius 3 is 2.45 bits per heavy atom. The van der Waals surface area contributed by atoms with Gasteiger partial charge in [-0.05, 0) is 115 Å². The van der Waals surface area contributed by atoms with Crippen LogP contribution in [0.3, 0.4) is 0 Å². The zero-order valence-electron chi connectivity index (χ0n) is 19.1. The van der Waals surface area contributed by atoms with Gasteiger partial charge in [-0.2, -0.15) is 0 Å². The number of aryl methyl sites for hydroxylation is 1. The molecule has 1 heterocycles. The molecular weight excluding hydrogens is 413 g/mol. The van der Waals surface area contributed by atoms with Gasteiger partial charge < -0.3 is 9.84 Å². The van der Waals surface area contributed by atoms with E-state index in [0.29, 0.717) is 18.3 Å². The molecule has 0 radical (unpaired) electrons. The second-order valence-corrected chi connectivity index (χ2v) is 9.40. The lowest BCUT2D eigenvalue weighted by atomic mass is 9.77. The van der Waals surface area contributed by atoms with Crippen molar-refractivity contribution >= 4 is 0 Å². The molecule has 1 unspecified atom stereocenters. The molecule has 0 bridgehead atoms. The van der Waals surface area contributed by atoms with E-state index in [2.05, 4.69) is 17.0 Å². The van der Waals surface area contributed by atoms with Crippen LogP contribution >= 0.6 is 0 Å². The van der Waals surface area contributed by atoms with Crippen LogP contribution in [0, 0.1) is 5.82 Å². The Morgan fingerprint density at radius 1 is 0.939 bits per heavy atom. The SMILES string of the molecule is Oc1cc2c(c(-c3ccc(OCCN4CCCCC4)cc3)c1)CC(c1ccc(F)cc1)CC2. The van der Waals surface area contributed by atoms with Gasteiger partial charge in [-0.25, -0.2) is 4.39 Å². The van der Waals surface area contributed by atoms with Crippen LogP contribution in [-0.4, -0.2) is 36.2 Å². The number of halogens is 1. The first-order valence-electron chi connectivity index (χ1n) is 12.2. The molecule has 33 heavy (non-hydrogen) atoms. The summed E-state index contributed by atoms with van der Waals surface area (Å²) >= 11 is 0. The van der Waals surface area contributed by atoms with Crippen molar-refractivity contribution in [2.75, 3.05) is 26.2 Å². The first kappa shape index (κ1) is 22.0. The van der Waals surface area contributed by atoms with Gasteiger partial charge in [0.05, 0.1) is 0 Å². The number of aromatic hydroxyl groups is 1. The van der Waals surface area contributed by atoms with Crippen LogP contribution in [0.1, 0.15) is 48.3 Å². The van der Waals surface area contributed by atoms with Crippen molar-refractivity contribution in [3.63, 3.8) is 0 Å². The van der Waals surface area contributed by atoms with Gasteiger partial charge in [-0.15, -0.1) is 0 Å². The smallest absolute Gasteiger partial charge is 0.123 e. The van der Waals surface area contributed by atoms with Crippen molar-refractivity contribution in [3.05, 3.63) is 83.2 Å². The second-order valence-electron chi connectivity index (χ2n) is 9.40. The summed E-state index contributed by atoms with van der Waals surface area (Å²) in [6.07, 6.45) is 6.75. The van der Waals surface area contributed by atoms with E-state index < -0.39 is 0 Å². The van der Waals surface area contributed by atoms with Crippen molar-refractivity contribution in [1.82, 2.24) is 4.90 Å². The second kappa shape index (κ2) is 9.96. The number of rotatable bonds is 6. The van der Waals surface area contributed by atoms with Crippen molar-refractivity contribution in [3.8, 4) is 22.6 Å². The van der Waals surface area contributed by atoms with Gasteiger partial charge >= 0.3 is 0 Å². The van der Waals surface area contributed by atoms with Gasteiger partial charge in [0, 0.05) is 6.54 Å². The molecule has 1 aliphatic heterocycles. The minimum atomic E-state index is -0.196. The maximum Gasteiger partial charge on any atom is 0.123 e. The third-order valence-corrected chi connectivity index (χ3v) is 7.17. The number of phenolic OH excluding ortho intramolecular Hbond substituents is 1. The summed E-state index contributed by atoms with van der Waals surface area (Å²) in [6.45, 7) is 4.06. The zero-order chi connectivity index (χ0) is 22.6. The predicted octanol–water partition coefficient (Wildman–Crippen LogP) is 6.34. The average Bonchev–Trinajstić information content (AvgIpc) is 2.85. The number of ether oxygens (including phenoxy) is 1. The number of piperidine rings is 1. The standard InChI is InChI=1S/C29H32FNO2/c30-25-10-6-21(7-11-25)23-4-5-24-18-26(32)20-29(28(24)19-23)22-8-12-27(13-9-22)33-17-16-31-14-2-1-3-15-31/h6-13,18,20,23,32H,1-5,14-17,19H2. The maximum absolute atomic E-state index is 13.4. The Balaban J connectivity index is 1.31. The van der Waals surface area contributed by atoms with Crippen LogP contribution in [0.5, 0.6) is 11.5 Å². The number of benzene rings is 3. The fraction of sp³-hybridized carbons (Fsp3) is 0.379. The fourth-order valence-corrected chi connectivity index (χ4v) is 5.34. The first-order chi connectivity index (χ1) is 16.2. The summed E-state index contributed by atoms with van der Waals surface area (Å²) < 4.78 is 19.4. The van der Waals surface area contributed by atoms with Gasteiger partial charge in [-0.1, -0.05) is 30.7 Å². The summed E-state index contributed by atoms with van der Waals surface area (Å²) in [6, 6.07) is 18.9. The van der Waals surface area contributed by atoms with Crippen LogP contribution in [0.15, 0.2) is 60.7 Å². The number of phenols is 1. The topological polar surface area (TPSA) is 32.7 Å². The van der Waals surface area contributed by atoms with Crippen molar-refractivity contribution in [2.45, 2.75) is 44.4 Å². The molecule has 0 saturated carbocycles. The van der Waals surface area contributed by atoms with E-state index in [4.69, 9.17) is 4.74 Å². The normalized spacial score (nSPS) is 18.6. The molecule has 5 rings (SSSR count). The lowest BCUT2D eigenvalue weighted by molar-refractivity contribution is 0.183. The molecule has 0 spiro atoms. The molecule has 1 saturated heterocycles. The van der Waals surface area contributed by atoms with Crippen molar-refractivity contribution in [2.24, 2.45) is 0 Å². The third-order valence-electron chi connectivity index (χ3n) is 7.17. The minimum absolute atomic E-state index is 0.196. The van der Waals surface area contributed by atoms with E-state index in [1.165, 1.54) is 49.0 Å². The lowest BCUT2D eigenvalue weighted by Crippen LogP contribution is -2.33. The quantitative estimate of drug-likeness (QED) is 0.481. The summed E-state index contributed by atoms with van der Waals surface area (Å²) in [5, 5.41) is 10.4. The summed E-state index contributed by atoms with van der Waals surface area (Å²) in [7, 11) is 0. The number of hydrogen-bond acceptors (Lipinski definition) is 3. The third kappa shape index (κ3) is 5.22. The molecule has 3 aromatic rings. The number of fused-ring (bicyclic) bond motifs is 1. The van der Waals surface area contributed by atoms with Gasteiger partial charge in [0.25, 0.3) is 0 Å². The zero-order valence-corrected chi connectivity index (χ0v) is 19.1. The molecule has 4 heteroatoms. The summed E-state index contributed by atoms with van der Waals surface area (Å²) in [5.74, 6) is 1.36. The van der Waals surface area contributed by atoms with Crippen LogP contribution in [0.25, 0.3) is 11.1 Å². The van der Waals surface area contributed by atoms with Crippen molar-refractivity contribution < 1.29 is 14.2 Å². The van der Waals surface area contributed by atoms with E-state index in [-0.39, 0.29) is 5.82 Å². The number of likely N-dealkylation sites (tertiary alicyclic amines) is 1. The highest BCUT2D eigenvalue weighted by atomic mass is 19.1. The molecule has 172 valence electrons. The molecule has 1 N–H and O–H groups in total. The van der Waals surface area contributed by atoms with Crippen LogP contribution < -0.4 is 4.74 Å². The first-order valence-corrected chi connectivity index (χ1v) is 12.2. The molecule has 0 aromatic heterocycles. The van der Waals surface area contributed by atoms with Gasteiger partial charge in [0.2, 0.25) is 0 Å². The molecule has 1 aliphatic carbocycles. The molecule has 3 nitrogen and oxygen atoms in total. The molecular formula is C29H32FNO2. The van der Waals surface area contributed by atoms with Crippen molar-refractivity contribution in [1.29, 1.82) is 0 Å². The Kier molecular flexibility index (Phi) is 6.63. The Labute approximate surface area is 195 Å².